The van der Waals surface area contributed by atoms with Crippen LogP contribution in [0.25, 0.3) is 0 Å². The summed E-state index contributed by atoms with van der Waals surface area (Å²) in [6, 6.07) is 1.90. The highest BCUT2D eigenvalue weighted by Gasteiger charge is 2.20. The molecular formula is C15H25N5O2. The molecule has 1 saturated heterocycles. The van der Waals surface area contributed by atoms with Crippen molar-refractivity contribution in [1.82, 2.24) is 15.3 Å². The predicted octanol–water partition coefficient (Wildman–Crippen LogP) is 1.17. The molecule has 122 valence electrons. The minimum Gasteiger partial charge on any atom is -0.381 e. The Morgan fingerprint density at radius 2 is 2.05 bits per heavy atom. The Balaban J connectivity index is 1.72. The molecule has 7 heteroatoms. The molecule has 1 fully saturated rings. The lowest BCUT2D eigenvalue weighted by Crippen LogP contribution is -2.36. The molecule has 0 saturated carbocycles. The number of anilines is 2. The van der Waals surface area contributed by atoms with Crippen molar-refractivity contribution in [3.05, 3.63) is 11.8 Å². The van der Waals surface area contributed by atoms with Gasteiger partial charge in [0.1, 0.15) is 5.82 Å². The first-order valence-corrected chi connectivity index (χ1v) is 7.88. The molecule has 0 spiro atoms. The average molecular weight is 307 g/mol. The largest absolute Gasteiger partial charge is 0.381 e. The monoisotopic (exact) mass is 307 g/mol. The third-order valence-electron chi connectivity index (χ3n) is 3.51. The van der Waals surface area contributed by atoms with Crippen LogP contribution in [0.4, 0.5) is 11.8 Å². The van der Waals surface area contributed by atoms with Gasteiger partial charge in [-0.3, -0.25) is 4.79 Å². The van der Waals surface area contributed by atoms with Crippen LogP contribution in [0.15, 0.2) is 6.07 Å². The van der Waals surface area contributed by atoms with Gasteiger partial charge in [0.2, 0.25) is 11.9 Å². The van der Waals surface area contributed by atoms with Crippen LogP contribution in [0.3, 0.4) is 0 Å². The van der Waals surface area contributed by atoms with Crippen molar-refractivity contribution in [2.24, 2.45) is 5.92 Å². The first-order valence-electron chi connectivity index (χ1n) is 7.88. The summed E-state index contributed by atoms with van der Waals surface area (Å²) in [7, 11) is 0. The van der Waals surface area contributed by atoms with Crippen LogP contribution in [-0.4, -0.2) is 48.7 Å². The third kappa shape index (κ3) is 5.14. The first kappa shape index (κ1) is 16.5. The van der Waals surface area contributed by atoms with Crippen molar-refractivity contribution in [1.29, 1.82) is 0 Å². The topological polar surface area (TPSA) is 88.2 Å². The molecule has 7 nitrogen and oxygen atoms in total. The highest BCUT2D eigenvalue weighted by Crippen LogP contribution is 2.14. The maximum Gasteiger partial charge on any atom is 0.224 e. The summed E-state index contributed by atoms with van der Waals surface area (Å²) in [4.78, 5) is 20.7. The second-order valence-corrected chi connectivity index (χ2v) is 5.35. The second-order valence-electron chi connectivity index (χ2n) is 5.35. The van der Waals surface area contributed by atoms with Gasteiger partial charge in [0, 0.05) is 50.5 Å². The van der Waals surface area contributed by atoms with Gasteiger partial charge in [-0.05, 0) is 26.7 Å². The van der Waals surface area contributed by atoms with E-state index in [-0.39, 0.29) is 11.8 Å². The van der Waals surface area contributed by atoms with E-state index >= 15 is 0 Å². The lowest BCUT2D eigenvalue weighted by Gasteiger charge is -2.21. The summed E-state index contributed by atoms with van der Waals surface area (Å²) in [5, 5.41) is 9.26. The van der Waals surface area contributed by atoms with E-state index in [4.69, 9.17) is 4.74 Å². The number of carbonyl (C=O) groups is 1. The Morgan fingerprint density at radius 3 is 2.77 bits per heavy atom. The van der Waals surface area contributed by atoms with E-state index in [0.717, 1.165) is 30.9 Å². The van der Waals surface area contributed by atoms with Gasteiger partial charge in [-0.15, -0.1) is 0 Å². The number of hydrogen-bond acceptors (Lipinski definition) is 6. The molecule has 0 atom stereocenters. The molecule has 1 aromatic heterocycles. The predicted molar refractivity (Wildman–Crippen MR) is 86.0 cm³/mol. The number of ether oxygens (including phenoxy) is 1. The number of hydrogen-bond donors (Lipinski definition) is 3. The van der Waals surface area contributed by atoms with Gasteiger partial charge < -0.3 is 20.7 Å². The summed E-state index contributed by atoms with van der Waals surface area (Å²) in [6.45, 7) is 7.30. The van der Waals surface area contributed by atoms with Crippen LogP contribution in [0.1, 0.15) is 25.5 Å². The molecule has 0 bridgehead atoms. The van der Waals surface area contributed by atoms with E-state index in [2.05, 4.69) is 25.9 Å². The number of aromatic nitrogens is 2. The molecule has 1 aromatic rings. The van der Waals surface area contributed by atoms with Gasteiger partial charge in [-0.25, -0.2) is 4.98 Å². The number of nitrogens with one attached hydrogen (secondary N) is 3. The molecule has 0 unspecified atom stereocenters. The molecule has 1 amide bonds. The van der Waals surface area contributed by atoms with Crippen molar-refractivity contribution < 1.29 is 9.53 Å². The summed E-state index contributed by atoms with van der Waals surface area (Å²) in [5.74, 6) is 1.59. The third-order valence-corrected chi connectivity index (χ3v) is 3.51. The molecular weight excluding hydrogens is 282 g/mol. The fraction of sp³-hybridized carbons (Fsp3) is 0.667. The number of carbonyl (C=O) groups excluding carboxylic acids is 1. The van der Waals surface area contributed by atoms with Gasteiger partial charge in [0.15, 0.2) is 0 Å². The molecule has 0 aromatic carbocycles. The zero-order valence-corrected chi connectivity index (χ0v) is 13.3. The Kier molecular flexibility index (Phi) is 6.39. The molecule has 0 radical (unpaired) electrons. The van der Waals surface area contributed by atoms with Crippen molar-refractivity contribution in [3.63, 3.8) is 0 Å². The molecule has 22 heavy (non-hydrogen) atoms. The van der Waals surface area contributed by atoms with Crippen molar-refractivity contribution in [2.45, 2.75) is 26.7 Å². The SMILES string of the molecule is CCNc1cc(C)nc(NCCNC(=O)C2CCOCC2)n1. The Bertz CT molecular complexity index is 489. The Hall–Kier alpha value is -1.89. The highest BCUT2D eigenvalue weighted by atomic mass is 16.5. The molecule has 3 N–H and O–H groups in total. The lowest BCUT2D eigenvalue weighted by molar-refractivity contribution is -0.127. The van der Waals surface area contributed by atoms with Gasteiger partial charge in [0.25, 0.3) is 0 Å². The zero-order valence-electron chi connectivity index (χ0n) is 13.3. The molecule has 1 aliphatic heterocycles. The van der Waals surface area contributed by atoms with E-state index in [1.807, 2.05) is 19.9 Å². The van der Waals surface area contributed by atoms with E-state index in [1.54, 1.807) is 0 Å². The summed E-state index contributed by atoms with van der Waals surface area (Å²) >= 11 is 0. The smallest absolute Gasteiger partial charge is 0.224 e. The number of amides is 1. The van der Waals surface area contributed by atoms with E-state index in [1.165, 1.54) is 0 Å². The van der Waals surface area contributed by atoms with Crippen LogP contribution >= 0.6 is 0 Å². The van der Waals surface area contributed by atoms with Crippen molar-refractivity contribution >= 4 is 17.7 Å². The van der Waals surface area contributed by atoms with E-state index in [0.29, 0.717) is 32.3 Å². The lowest BCUT2D eigenvalue weighted by atomic mass is 9.99. The number of rotatable bonds is 7. The number of nitrogens with zero attached hydrogens (tertiary/aromatic N) is 2. The maximum absolute atomic E-state index is 12.0. The molecule has 0 aliphatic carbocycles. The molecule has 2 rings (SSSR count). The maximum atomic E-state index is 12.0. The van der Waals surface area contributed by atoms with Gasteiger partial charge in [-0.1, -0.05) is 0 Å². The normalized spacial score (nSPS) is 15.4. The first-order chi connectivity index (χ1) is 10.7. The number of aryl methyl sites for hydroxylation is 1. The average Bonchev–Trinajstić information content (AvgIpc) is 2.52. The second kappa shape index (κ2) is 8.53. The van der Waals surface area contributed by atoms with E-state index in [9.17, 15) is 4.79 Å². The van der Waals surface area contributed by atoms with Crippen LogP contribution in [0.5, 0.6) is 0 Å². The summed E-state index contributed by atoms with van der Waals surface area (Å²) in [6.07, 6.45) is 1.62. The van der Waals surface area contributed by atoms with Crippen LogP contribution in [-0.2, 0) is 9.53 Å². The van der Waals surface area contributed by atoms with Crippen LogP contribution < -0.4 is 16.0 Å². The molecule has 1 aliphatic rings. The van der Waals surface area contributed by atoms with Gasteiger partial charge in [0.05, 0.1) is 0 Å². The zero-order chi connectivity index (χ0) is 15.8. The van der Waals surface area contributed by atoms with Crippen LogP contribution in [0.2, 0.25) is 0 Å². The highest BCUT2D eigenvalue weighted by molar-refractivity contribution is 5.78. The fourth-order valence-corrected chi connectivity index (χ4v) is 2.38. The molecule has 2 heterocycles. The van der Waals surface area contributed by atoms with Gasteiger partial charge >= 0.3 is 0 Å². The Morgan fingerprint density at radius 1 is 1.27 bits per heavy atom. The minimum atomic E-state index is 0.0873. The minimum absolute atomic E-state index is 0.0873. The summed E-state index contributed by atoms with van der Waals surface area (Å²) in [5.41, 5.74) is 0.902. The van der Waals surface area contributed by atoms with Gasteiger partial charge in [-0.2, -0.15) is 4.98 Å². The van der Waals surface area contributed by atoms with Crippen molar-refractivity contribution in [3.8, 4) is 0 Å². The standard InChI is InChI=1S/C15H25N5O2/c1-3-16-13-10-11(2)19-15(20-13)18-7-6-17-14(21)12-4-8-22-9-5-12/h10,12H,3-9H2,1-2H3,(H,17,21)(H2,16,18,19,20). The fourth-order valence-electron chi connectivity index (χ4n) is 2.38. The summed E-state index contributed by atoms with van der Waals surface area (Å²) < 4.78 is 5.26. The Labute approximate surface area is 131 Å². The quantitative estimate of drug-likeness (QED) is 0.655. The van der Waals surface area contributed by atoms with Crippen LogP contribution in [0, 0.1) is 12.8 Å². The van der Waals surface area contributed by atoms with E-state index < -0.39 is 0 Å². The van der Waals surface area contributed by atoms with Crippen molar-refractivity contribution in [2.75, 3.05) is 43.5 Å².